The molecule has 0 fully saturated rings. The first-order valence-corrected chi connectivity index (χ1v) is 5.54. The van der Waals surface area contributed by atoms with Crippen molar-refractivity contribution in [1.82, 2.24) is 0 Å². The number of rotatable bonds is 5. The lowest BCUT2D eigenvalue weighted by Crippen LogP contribution is -2.18. The first kappa shape index (κ1) is 12.0. The maximum atomic E-state index is 10.6. The van der Waals surface area contributed by atoms with Gasteiger partial charge in [-0.3, -0.25) is 4.79 Å². The lowest BCUT2D eigenvalue weighted by atomic mass is 10.1. The van der Waals surface area contributed by atoms with Gasteiger partial charge < -0.3 is 10.5 Å². The molecule has 1 aromatic rings. The first-order valence-electron chi connectivity index (χ1n) is 4.74. The van der Waals surface area contributed by atoms with Gasteiger partial charge in [-0.25, -0.2) is 0 Å². The lowest BCUT2D eigenvalue weighted by Gasteiger charge is -2.11. The fourth-order valence-corrected chi connectivity index (χ4v) is 1.58. The summed E-state index contributed by atoms with van der Waals surface area (Å²) in [6, 6.07) is 7.59. The van der Waals surface area contributed by atoms with E-state index in [4.69, 9.17) is 10.5 Å². The van der Waals surface area contributed by atoms with Crippen LogP contribution in [0.3, 0.4) is 0 Å². The van der Waals surface area contributed by atoms with Crippen LogP contribution in [0.2, 0.25) is 0 Å². The number of nitrogens with two attached hydrogens (primary N) is 1. The predicted molar refractivity (Wildman–Crippen MR) is 62.6 cm³/mol. The molecule has 0 saturated heterocycles. The minimum atomic E-state index is -0.291. The number of hydrogen-bond donors (Lipinski definition) is 1. The van der Waals surface area contributed by atoms with Gasteiger partial charge in [0.05, 0.1) is 6.61 Å². The second-order valence-electron chi connectivity index (χ2n) is 3.54. The molecular weight excluding hydrogens is 258 g/mol. The van der Waals surface area contributed by atoms with E-state index in [0.717, 1.165) is 10.2 Å². The average Bonchev–Trinajstić information content (AvgIpc) is 2.14. The summed E-state index contributed by atoms with van der Waals surface area (Å²) in [6.07, 6.45) is 0.355. The summed E-state index contributed by atoms with van der Waals surface area (Å²) in [5.41, 5.74) is 5.08. The molecule has 0 aliphatic rings. The van der Waals surface area contributed by atoms with E-state index < -0.39 is 0 Å². The van der Waals surface area contributed by atoms with Crippen LogP contribution in [0.15, 0.2) is 28.7 Å². The zero-order valence-electron chi connectivity index (χ0n) is 8.57. The summed E-state index contributed by atoms with van der Waals surface area (Å²) in [4.78, 5) is 10.6. The number of carbonyl (C=O) groups excluding carboxylic acids is 1. The number of hydrogen-bond acceptors (Lipinski definition) is 2. The maximum absolute atomic E-state index is 10.6. The van der Waals surface area contributed by atoms with Gasteiger partial charge in [-0.15, -0.1) is 0 Å². The Labute approximate surface area is 97.7 Å². The molecule has 0 bridgehead atoms. The van der Waals surface area contributed by atoms with Crippen LogP contribution in [0.1, 0.15) is 13.3 Å². The molecule has 2 N–H and O–H groups in total. The zero-order valence-corrected chi connectivity index (χ0v) is 10.2. The topological polar surface area (TPSA) is 52.3 Å². The molecule has 0 aromatic heterocycles. The van der Waals surface area contributed by atoms with Crippen LogP contribution in [-0.2, 0) is 4.79 Å². The number of carbonyl (C=O) groups is 1. The van der Waals surface area contributed by atoms with E-state index in [1.165, 1.54) is 0 Å². The van der Waals surface area contributed by atoms with E-state index in [1.54, 1.807) is 0 Å². The standard InChI is InChI=1S/C11H14BrNO2/c1-8(5-11(13)14)7-15-10-4-2-3-9(12)6-10/h2-4,6,8H,5,7H2,1H3,(H2,13,14). The van der Waals surface area contributed by atoms with Crippen molar-refractivity contribution < 1.29 is 9.53 Å². The number of ether oxygens (including phenoxy) is 1. The van der Waals surface area contributed by atoms with E-state index in [0.29, 0.717) is 13.0 Å². The fourth-order valence-electron chi connectivity index (χ4n) is 1.20. The van der Waals surface area contributed by atoms with Gasteiger partial charge in [-0.1, -0.05) is 28.9 Å². The Morgan fingerprint density at radius 3 is 2.93 bits per heavy atom. The maximum Gasteiger partial charge on any atom is 0.217 e. The molecule has 1 atom stereocenters. The Bertz CT molecular complexity index is 341. The Morgan fingerprint density at radius 2 is 2.33 bits per heavy atom. The summed E-state index contributed by atoms with van der Waals surface area (Å²) in [5.74, 6) is 0.641. The zero-order chi connectivity index (χ0) is 11.3. The summed E-state index contributed by atoms with van der Waals surface area (Å²) in [6.45, 7) is 2.43. The molecule has 1 unspecified atom stereocenters. The number of primary amides is 1. The molecule has 0 aliphatic carbocycles. The Hall–Kier alpha value is -1.03. The minimum absolute atomic E-state index is 0.140. The van der Waals surface area contributed by atoms with Crippen molar-refractivity contribution >= 4 is 21.8 Å². The molecule has 15 heavy (non-hydrogen) atoms. The monoisotopic (exact) mass is 271 g/mol. The van der Waals surface area contributed by atoms with Crippen LogP contribution in [0.5, 0.6) is 5.75 Å². The van der Waals surface area contributed by atoms with Gasteiger partial charge in [-0.05, 0) is 24.1 Å². The van der Waals surface area contributed by atoms with Gasteiger partial charge in [0.15, 0.2) is 0 Å². The highest BCUT2D eigenvalue weighted by atomic mass is 79.9. The lowest BCUT2D eigenvalue weighted by molar-refractivity contribution is -0.119. The van der Waals surface area contributed by atoms with Gasteiger partial charge in [0.1, 0.15) is 5.75 Å². The van der Waals surface area contributed by atoms with E-state index in [9.17, 15) is 4.79 Å². The largest absolute Gasteiger partial charge is 0.493 e. The molecule has 0 radical (unpaired) electrons. The van der Waals surface area contributed by atoms with Crippen molar-refractivity contribution in [2.24, 2.45) is 11.7 Å². The van der Waals surface area contributed by atoms with Crippen molar-refractivity contribution in [3.8, 4) is 5.75 Å². The van der Waals surface area contributed by atoms with Crippen molar-refractivity contribution in [3.05, 3.63) is 28.7 Å². The van der Waals surface area contributed by atoms with Crippen LogP contribution >= 0.6 is 15.9 Å². The second kappa shape index (κ2) is 5.75. The summed E-state index contributed by atoms with van der Waals surface area (Å²) < 4.78 is 6.49. The van der Waals surface area contributed by atoms with E-state index >= 15 is 0 Å². The number of amides is 1. The molecule has 0 saturated carbocycles. The average molecular weight is 272 g/mol. The molecule has 1 rings (SSSR count). The van der Waals surface area contributed by atoms with Crippen LogP contribution in [0.25, 0.3) is 0 Å². The fraction of sp³-hybridized carbons (Fsp3) is 0.364. The third-order valence-electron chi connectivity index (χ3n) is 1.88. The van der Waals surface area contributed by atoms with E-state index in [2.05, 4.69) is 15.9 Å². The molecule has 3 nitrogen and oxygen atoms in total. The summed E-state index contributed by atoms with van der Waals surface area (Å²) >= 11 is 3.36. The highest BCUT2D eigenvalue weighted by Crippen LogP contribution is 2.18. The normalized spacial score (nSPS) is 12.1. The minimum Gasteiger partial charge on any atom is -0.493 e. The highest BCUT2D eigenvalue weighted by molar-refractivity contribution is 9.10. The van der Waals surface area contributed by atoms with Gasteiger partial charge in [-0.2, -0.15) is 0 Å². The molecule has 0 aliphatic heterocycles. The van der Waals surface area contributed by atoms with Crippen molar-refractivity contribution in [2.75, 3.05) is 6.61 Å². The van der Waals surface area contributed by atoms with E-state index in [-0.39, 0.29) is 11.8 Å². The molecule has 4 heteroatoms. The summed E-state index contributed by atoms with van der Waals surface area (Å²) in [5, 5.41) is 0. The third-order valence-corrected chi connectivity index (χ3v) is 2.37. The summed E-state index contributed by atoms with van der Waals surface area (Å²) in [7, 11) is 0. The second-order valence-corrected chi connectivity index (χ2v) is 4.46. The third kappa shape index (κ3) is 4.83. The van der Waals surface area contributed by atoms with Crippen LogP contribution in [-0.4, -0.2) is 12.5 Å². The van der Waals surface area contributed by atoms with Crippen molar-refractivity contribution in [3.63, 3.8) is 0 Å². The van der Waals surface area contributed by atoms with Gasteiger partial charge in [0.2, 0.25) is 5.91 Å². The van der Waals surface area contributed by atoms with Crippen molar-refractivity contribution in [2.45, 2.75) is 13.3 Å². The van der Waals surface area contributed by atoms with Crippen LogP contribution in [0.4, 0.5) is 0 Å². The Kier molecular flexibility index (Phi) is 4.62. The Morgan fingerprint density at radius 1 is 1.60 bits per heavy atom. The predicted octanol–water partition coefficient (Wildman–Crippen LogP) is 2.34. The van der Waals surface area contributed by atoms with Crippen molar-refractivity contribution in [1.29, 1.82) is 0 Å². The van der Waals surface area contributed by atoms with Gasteiger partial charge >= 0.3 is 0 Å². The molecule has 0 spiro atoms. The molecule has 0 heterocycles. The SMILES string of the molecule is CC(COc1cccc(Br)c1)CC(N)=O. The Balaban J connectivity index is 2.40. The molecule has 82 valence electrons. The van der Waals surface area contributed by atoms with Gasteiger partial charge in [0.25, 0.3) is 0 Å². The molecule has 1 aromatic carbocycles. The molecule has 1 amide bonds. The quantitative estimate of drug-likeness (QED) is 0.894. The van der Waals surface area contributed by atoms with Crippen LogP contribution in [0, 0.1) is 5.92 Å². The van der Waals surface area contributed by atoms with Gasteiger partial charge in [0, 0.05) is 10.9 Å². The smallest absolute Gasteiger partial charge is 0.217 e. The first-order chi connectivity index (χ1) is 7.08. The van der Waals surface area contributed by atoms with Crippen LogP contribution < -0.4 is 10.5 Å². The number of halogens is 1. The number of benzene rings is 1. The highest BCUT2D eigenvalue weighted by Gasteiger charge is 2.06. The molecular formula is C11H14BrNO2. The van der Waals surface area contributed by atoms with E-state index in [1.807, 2.05) is 31.2 Å².